The fraction of sp³-hybridized carbons (Fsp3) is 0.290. The molecule has 3 N–H and O–H groups in total. The summed E-state index contributed by atoms with van der Waals surface area (Å²) in [6.07, 6.45) is -1.30. The third-order valence-electron chi connectivity index (χ3n) is 6.63. The highest BCUT2D eigenvalue weighted by Crippen LogP contribution is 2.32. The number of methoxy groups -OCH3 is 1. The summed E-state index contributed by atoms with van der Waals surface area (Å²) in [6.45, 7) is 2.38. The zero-order chi connectivity index (χ0) is 29.5. The number of fused-ring (bicyclic) bond motifs is 1. The largest absolute Gasteiger partial charge is 0.493 e. The molecule has 0 saturated carbocycles. The molecular formula is C31H31F2IN2O5. The van der Waals surface area contributed by atoms with Crippen molar-refractivity contribution in [2.45, 2.75) is 44.9 Å². The highest BCUT2D eigenvalue weighted by Gasteiger charge is 2.24. The molecule has 0 fully saturated rings. The highest BCUT2D eigenvalue weighted by molar-refractivity contribution is 14.1. The summed E-state index contributed by atoms with van der Waals surface area (Å²) in [5.41, 5.74) is 2.19. The normalized spacial score (nSPS) is 12.7. The van der Waals surface area contributed by atoms with Crippen molar-refractivity contribution in [1.82, 2.24) is 10.6 Å². The molecule has 1 amide bonds. The number of ketones is 1. The first kappa shape index (κ1) is 30.6. The Morgan fingerprint density at radius 1 is 1.02 bits per heavy atom. The summed E-state index contributed by atoms with van der Waals surface area (Å²) < 4.78 is 39.8. The molecule has 0 radical (unpaired) electrons. The van der Waals surface area contributed by atoms with Crippen molar-refractivity contribution in [3.05, 3.63) is 98.3 Å². The van der Waals surface area contributed by atoms with Crippen LogP contribution in [0.25, 0.3) is 11.0 Å². The van der Waals surface area contributed by atoms with Gasteiger partial charge in [0.1, 0.15) is 17.4 Å². The monoisotopic (exact) mass is 676 g/mol. The third-order valence-corrected chi connectivity index (χ3v) is 7.30. The first-order valence-electron chi connectivity index (χ1n) is 13.1. The Balaban J connectivity index is 1.42. The van der Waals surface area contributed by atoms with Crippen molar-refractivity contribution >= 4 is 45.3 Å². The molecule has 7 nitrogen and oxygen atoms in total. The van der Waals surface area contributed by atoms with Gasteiger partial charge < -0.3 is 24.9 Å². The predicted molar refractivity (Wildman–Crippen MR) is 160 cm³/mol. The van der Waals surface area contributed by atoms with E-state index in [1.807, 2.05) is 24.3 Å². The second kappa shape index (κ2) is 14.0. The van der Waals surface area contributed by atoms with Crippen LogP contribution >= 0.6 is 22.6 Å². The highest BCUT2D eigenvalue weighted by atomic mass is 127. The predicted octanol–water partition coefficient (Wildman–Crippen LogP) is 5.47. The Bertz CT molecular complexity index is 1520. The lowest BCUT2D eigenvalue weighted by Gasteiger charge is -2.25. The van der Waals surface area contributed by atoms with Gasteiger partial charge in [0, 0.05) is 46.5 Å². The molecule has 3 aromatic carbocycles. The zero-order valence-electron chi connectivity index (χ0n) is 22.7. The number of halogens is 3. The first-order valence-corrected chi connectivity index (χ1v) is 14.2. The van der Waals surface area contributed by atoms with Crippen molar-refractivity contribution in [1.29, 1.82) is 0 Å². The minimum Gasteiger partial charge on any atom is -0.493 e. The van der Waals surface area contributed by atoms with Crippen LogP contribution in [-0.4, -0.2) is 42.6 Å². The van der Waals surface area contributed by atoms with E-state index in [9.17, 15) is 23.5 Å². The summed E-state index contributed by atoms with van der Waals surface area (Å²) in [6, 6.07) is 15.1. The summed E-state index contributed by atoms with van der Waals surface area (Å²) in [5, 5.41) is 17.5. The number of rotatable bonds is 13. The fourth-order valence-electron chi connectivity index (χ4n) is 4.69. The second-order valence-electron chi connectivity index (χ2n) is 9.82. The number of nitrogens with one attached hydrogen (secondary N) is 2. The van der Waals surface area contributed by atoms with E-state index in [1.165, 1.54) is 19.2 Å². The maximum Gasteiger partial charge on any atom is 0.220 e. The number of aryl methyl sites for hydroxylation is 1. The molecule has 0 aliphatic heterocycles. The van der Waals surface area contributed by atoms with Gasteiger partial charge in [0.15, 0.2) is 17.1 Å². The number of hydrogen-bond donors (Lipinski definition) is 3. The first-order chi connectivity index (χ1) is 19.6. The van der Waals surface area contributed by atoms with E-state index in [0.717, 1.165) is 15.2 Å². The van der Waals surface area contributed by atoms with Crippen LogP contribution in [0, 0.1) is 22.1 Å². The Kier molecular flexibility index (Phi) is 10.5. The average molecular weight is 676 g/mol. The zero-order valence-corrected chi connectivity index (χ0v) is 24.8. The second-order valence-corrected chi connectivity index (χ2v) is 11.1. The van der Waals surface area contributed by atoms with Gasteiger partial charge in [-0.25, -0.2) is 8.78 Å². The van der Waals surface area contributed by atoms with Crippen molar-refractivity contribution in [2.75, 3.05) is 13.7 Å². The van der Waals surface area contributed by atoms with Crippen LogP contribution < -0.4 is 15.4 Å². The number of ether oxygens (including phenoxy) is 1. The quantitative estimate of drug-likeness (QED) is 0.128. The maximum atomic E-state index is 13.8. The van der Waals surface area contributed by atoms with Gasteiger partial charge in [0.2, 0.25) is 5.91 Å². The molecular weight excluding hydrogens is 645 g/mol. The van der Waals surface area contributed by atoms with Crippen molar-refractivity contribution in [3.63, 3.8) is 0 Å². The van der Waals surface area contributed by atoms with E-state index < -0.39 is 29.7 Å². The van der Waals surface area contributed by atoms with Gasteiger partial charge in [-0.05, 0) is 89.5 Å². The lowest BCUT2D eigenvalue weighted by molar-refractivity contribution is -0.122. The van der Waals surface area contributed by atoms with E-state index >= 15 is 0 Å². The van der Waals surface area contributed by atoms with Crippen LogP contribution in [0.3, 0.4) is 0 Å². The number of Topliss-reactive ketones (excluding diaryl/α,β-unsaturated/α-hetero) is 1. The minimum atomic E-state index is -1.07. The molecule has 0 aliphatic rings. The lowest BCUT2D eigenvalue weighted by atomic mass is 9.99. The standard InChI is InChI=1S/C31H31F2IN2O5/c1-18-10-25-24(6-8-29(40-2)31(25)41-18)27(37)7-9-30(39)36-26(14-20-11-21(32)15-22(33)12-20)28(38)17-35-16-19-4-3-5-23(34)13-19/h3-6,8,10-13,15,26,28,35,38H,7,9,14,16-17H2,1-2H3,(H,36,39)/t26-,28-/m1/s1. The number of aliphatic hydroxyl groups is 1. The number of hydrogen-bond acceptors (Lipinski definition) is 6. The molecule has 4 aromatic rings. The molecule has 0 unspecified atom stereocenters. The van der Waals surface area contributed by atoms with E-state index in [1.54, 1.807) is 25.1 Å². The molecule has 0 aliphatic carbocycles. The van der Waals surface area contributed by atoms with Gasteiger partial charge in [0.25, 0.3) is 0 Å². The molecule has 0 spiro atoms. The summed E-state index contributed by atoms with van der Waals surface area (Å²) in [4.78, 5) is 26.0. The molecule has 41 heavy (non-hydrogen) atoms. The molecule has 216 valence electrons. The number of benzene rings is 3. The molecule has 1 heterocycles. The summed E-state index contributed by atoms with van der Waals surface area (Å²) in [5.74, 6) is -1.09. The molecule has 0 saturated heterocycles. The lowest BCUT2D eigenvalue weighted by Crippen LogP contribution is -2.48. The van der Waals surface area contributed by atoms with Crippen LogP contribution in [0.2, 0.25) is 0 Å². The Hall–Kier alpha value is -3.35. The number of carbonyl (C=O) groups is 2. The van der Waals surface area contributed by atoms with E-state index in [2.05, 4.69) is 33.2 Å². The average Bonchev–Trinajstić information content (AvgIpc) is 3.31. The Morgan fingerprint density at radius 2 is 1.78 bits per heavy atom. The maximum absolute atomic E-state index is 13.8. The van der Waals surface area contributed by atoms with Crippen LogP contribution in [0.1, 0.15) is 40.1 Å². The van der Waals surface area contributed by atoms with Gasteiger partial charge >= 0.3 is 0 Å². The van der Waals surface area contributed by atoms with Crippen molar-refractivity contribution < 1.29 is 32.6 Å². The van der Waals surface area contributed by atoms with Crippen LogP contribution in [-0.2, 0) is 17.8 Å². The van der Waals surface area contributed by atoms with E-state index in [4.69, 9.17) is 9.15 Å². The van der Waals surface area contributed by atoms with Crippen molar-refractivity contribution in [3.8, 4) is 5.75 Å². The van der Waals surface area contributed by atoms with Gasteiger partial charge in [-0.15, -0.1) is 0 Å². The third kappa shape index (κ3) is 8.34. The van der Waals surface area contributed by atoms with Crippen LogP contribution in [0.15, 0.2) is 65.1 Å². The van der Waals surface area contributed by atoms with Gasteiger partial charge in [-0.1, -0.05) is 12.1 Å². The molecule has 4 rings (SSSR count). The number of carbonyl (C=O) groups excluding carboxylic acids is 2. The topological polar surface area (TPSA) is 101 Å². The van der Waals surface area contributed by atoms with Gasteiger partial charge in [-0.2, -0.15) is 0 Å². The summed E-state index contributed by atoms with van der Waals surface area (Å²) in [7, 11) is 1.51. The van der Waals surface area contributed by atoms with E-state index in [0.29, 0.717) is 34.6 Å². The smallest absolute Gasteiger partial charge is 0.220 e. The Morgan fingerprint density at radius 3 is 2.49 bits per heavy atom. The molecule has 0 bridgehead atoms. The van der Waals surface area contributed by atoms with Crippen LogP contribution in [0.4, 0.5) is 8.78 Å². The number of furan rings is 1. The van der Waals surface area contributed by atoms with Gasteiger partial charge in [0.05, 0.1) is 19.3 Å². The molecule has 10 heteroatoms. The SMILES string of the molecule is COc1ccc(C(=O)CCC(=O)N[C@H](Cc2cc(F)cc(F)c2)[C@H](O)CNCc2cccc(I)c2)c2cc(C)oc12. The Labute approximate surface area is 250 Å². The van der Waals surface area contributed by atoms with Crippen molar-refractivity contribution in [2.24, 2.45) is 0 Å². The van der Waals surface area contributed by atoms with Crippen LogP contribution in [0.5, 0.6) is 5.75 Å². The fourth-order valence-corrected chi connectivity index (χ4v) is 5.29. The molecule has 2 atom stereocenters. The van der Waals surface area contributed by atoms with Gasteiger partial charge in [-0.3, -0.25) is 9.59 Å². The minimum absolute atomic E-state index is 0.00610. The van der Waals surface area contributed by atoms with E-state index in [-0.39, 0.29) is 37.2 Å². The summed E-state index contributed by atoms with van der Waals surface area (Å²) >= 11 is 2.22. The molecule has 1 aromatic heterocycles. The number of amides is 1. The number of aliphatic hydroxyl groups excluding tert-OH is 1.